The predicted molar refractivity (Wildman–Crippen MR) is 132 cm³/mol. The molecule has 1 unspecified atom stereocenters. The molecular formula is C24H24ClN7O3. The average molecular weight is 494 g/mol. The lowest BCUT2D eigenvalue weighted by molar-refractivity contribution is 0.0525. The zero-order chi connectivity index (χ0) is 24.4. The number of aromatic amines is 1. The lowest BCUT2D eigenvalue weighted by Crippen LogP contribution is -2.38. The monoisotopic (exact) mass is 493 g/mol. The van der Waals surface area contributed by atoms with Gasteiger partial charge in [0.05, 0.1) is 34.3 Å². The Balaban J connectivity index is 1.45. The van der Waals surface area contributed by atoms with Crippen LogP contribution in [0.15, 0.2) is 54.7 Å². The number of halogens is 1. The van der Waals surface area contributed by atoms with Gasteiger partial charge in [-0.2, -0.15) is 0 Å². The Morgan fingerprint density at radius 1 is 1.14 bits per heavy atom. The molecule has 0 bridgehead atoms. The van der Waals surface area contributed by atoms with E-state index in [4.69, 9.17) is 21.1 Å². The van der Waals surface area contributed by atoms with Gasteiger partial charge in [0.15, 0.2) is 5.82 Å². The Hall–Kier alpha value is -3.89. The van der Waals surface area contributed by atoms with E-state index in [1.807, 2.05) is 59.0 Å². The molecule has 2 aromatic heterocycles. The first-order valence-electron chi connectivity index (χ1n) is 11.2. The van der Waals surface area contributed by atoms with E-state index in [1.54, 1.807) is 19.1 Å². The molecule has 0 aliphatic carbocycles. The molecule has 10 nitrogen and oxygen atoms in total. The third-order valence-corrected chi connectivity index (χ3v) is 5.85. The largest absolute Gasteiger partial charge is 0.462 e. The van der Waals surface area contributed by atoms with Crippen molar-refractivity contribution in [3.05, 3.63) is 70.9 Å². The standard InChI is InChI=1S/C24H24ClN7O3/c1-3-34-23(33)18-6-5-7-19-21(18)32(24(26-19)35-4-2)13-15-8-10-17(11-9-15)31-14-16(25)12-20(31)22-27-29-30-28-22/h5-12,14,24,26H,3-4,13H2,1-2H3,(H,27,28,29,30). The summed E-state index contributed by atoms with van der Waals surface area (Å²) in [7, 11) is 0. The molecule has 5 rings (SSSR count). The second-order valence-electron chi connectivity index (χ2n) is 7.83. The highest BCUT2D eigenvalue weighted by Crippen LogP contribution is 2.39. The normalized spacial score (nSPS) is 14.6. The van der Waals surface area contributed by atoms with Crippen LogP contribution in [-0.4, -0.2) is 50.7 Å². The fraction of sp³-hybridized carbons (Fsp3) is 0.250. The molecule has 0 radical (unpaired) electrons. The van der Waals surface area contributed by atoms with Gasteiger partial charge in [-0.15, -0.1) is 5.10 Å². The smallest absolute Gasteiger partial charge is 0.340 e. The summed E-state index contributed by atoms with van der Waals surface area (Å²) in [5.41, 5.74) is 4.79. The molecule has 1 aliphatic rings. The molecule has 0 saturated carbocycles. The van der Waals surface area contributed by atoms with Crippen LogP contribution >= 0.6 is 11.6 Å². The number of esters is 1. The van der Waals surface area contributed by atoms with Crippen molar-refractivity contribution >= 4 is 28.9 Å². The van der Waals surface area contributed by atoms with Crippen molar-refractivity contribution in [2.24, 2.45) is 0 Å². The molecule has 2 N–H and O–H groups in total. The number of anilines is 2. The number of tetrazole rings is 1. The van der Waals surface area contributed by atoms with E-state index < -0.39 is 6.35 Å². The fourth-order valence-electron chi connectivity index (χ4n) is 4.18. The van der Waals surface area contributed by atoms with Gasteiger partial charge in [-0.1, -0.05) is 29.8 Å². The van der Waals surface area contributed by atoms with Crippen LogP contribution in [0, 0.1) is 0 Å². The van der Waals surface area contributed by atoms with E-state index in [0.717, 1.165) is 28.3 Å². The molecule has 0 fully saturated rings. The molecule has 3 heterocycles. The van der Waals surface area contributed by atoms with Crippen LogP contribution < -0.4 is 10.2 Å². The number of carbonyl (C=O) groups is 1. The second-order valence-corrected chi connectivity index (χ2v) is 8.27. The number of aromatic nitrogens is 5. The molecule has 0 spiro atoms. The van der Waals surface area contributed by atoms with Crippen LogP contribution in [0.1, 0.15) is 29.8 Å². The van der Waals surface area contributed by atoms with Gasteiger partial charge < -0.3 is 24.3 Å². The van der Waals surface area contributed by atoms with Gasteiger partial charge in [-0.25, -0.2) is 9.89 Å². The second kappa shape index (κ2) is 9.77. The van der Waals surface area contributed by atoms with Crippen LogP contribution in [0.2, 0.25) is 5.02 Å². The van der Waals surface area contributed by atoms with Crippen LogP contribution in [0.25, 0.3) is 17.2 Å². The van der Waals surface area contributed by atoms with E-state index in [-0.39, 0.29) is 5.97 Å². The average Bonchev–Trinajstić information content (AvgIpc) is 3.59. The first-order valence-corrected chi connectivity index (χ1v) is 11.6. The number of nitrogens with one attached hydrogen (secondary N) is 2. The van der Waals surface area contributed by atoms with Gasteiger partial charge in [-0.3, -0.25) is 0 Å². The summed E-state index contributed by atoms with van der Waals surface area (Å²) in [6.07, 6.45) is 1.41. The van der Waals surface area contributed by atoms with Crippen LogP contribution in [0.4, 0.5) is 11.4 Å². The number of hydrogen-bond acceptors (Lipinski definition) is 8. The minimum Gasteiger partial charge on any atom is -0.462 e. The molecule has 2 aromatic carbocycles. The van der Waals surface area contributed by atoms with Crippen molar-refractivity contribution in [2.75, 3.05) is 23.4 Å². The third-order valence-electron chi connectivity index (χ3n) is 5.65. The Bertz CT molecular complexity index is 1320. The number of rotatable bonds is 8. The highest BCUT2D eigenvalue weighted by atomic mass is 35.5. The lowest BCUT2D eigenvalue weighted by Gasteiger charge is -2.27. The highest BCUT2D eigenvalue weighted by Gasteiger charge is 2.33. The third kappa shape index (κ3) is 4.45. The van der Waals surface area contributed by atoms with E-state index >= 15 is 0 Å². The van der Waals surface area contributed by atoms with E-state index in [2.05, 4.69) is 25.9 Å². The Morgan fingerprint density at radius 3 is 2.69 bits per heavy atom. The molecule has 1 atom stereocenters. The Labute approximate surface area is 206 Å². The zero-order valence-electron chi connectivity index (χ0n) is 19.2. The molecule has 0 saturated heterocycles. The number of nitrogens with zero attached hydrogens (tertiary/aromatic N) is 5. The summed E-state index contributed by atoms with van der Waals surface area (Å²) in [6, 6.07) is 15.4. The van der Waals surface area contributed by atoms with Gasteiger partial charge >= 0.3 is 5.97 Å². The number of hydrogen-bond donors (Lipinski definition) is 2. The summed E-state index contributed by atoms with van der Waals surface area (Å²) >= 11 is 6.26. The van der Waals surface area contributed by atoms with E-state index in [9.17, 15) is 4.79 Å². The molecule has 0 amide bonds. The number of carbonyl (C=O) groups excluding carboxylic acids is 1. The number of ether oxygens (including phenoxy) is 2. The van der Waals surface area contributed by atoms with Crippen molar-refractivity contribution in [1.82, 2.24) is 25.2 Å². The summed E-state index contributed by atoms with van der Waals surface area (Å²) in [6.45, 7) is 5.08. The first-order chi connectivity index (χ1) is 17.1. The molecule has 11 heteroatoms. The summed E-state index contributed by atoms with van der Waals surface area (Å²) in [5, 5.41) is 18.0. The minimum absolute atomic E-state index is 0.307. The van der Waals surface area contributed by atoms with E-state index in [0.29, 0.717) is 36.2 Å². The first kappa shape index (κ1) is 22.9. The number of fused-ring (bicyclic) bond motifs is 1. The Morgan fingerprint density at radius 2 is 1.97 bits per heavy atom. The van der Waals surface area contributed by atoms with E-state index in [1.165, 1.54) is 0 Å². The summed E-state index contributed by atoms with van der Waals surface area (Å²) < 4.78 is 13.2. The van der Waals surface area contributed by atoms with Crippen molar-refractivity contribution in [3.63, 3.8) is 0 Å². The van der Waals surface area contributed by atoms with Crippen LogP contribution in [0.5, 0.6) is 0 Å². The maximum absolute atomic E-state index is 12.7. The van der Waals surface area contributed by atoms with Crippen LogP contribution in [-0.2, 0) is 16.0 Å². The van der Waals surface area contributed by atoms with Crippen molar-refractivity contribution in [2.45, 2.75) is 26.7 Å². The Kier molecular flexibility index (Phi) is 6.39. The topological polar surface area (TPSA) is 110 Å². The number of benzene rings is 2. The quantitative estimate of drug-likeness (QED) is 0.351. The zero-order valence-corrected chi connectivity index (χ0v) is 20.0. The lowest BCUT2D eigenvalue weighted by atomic mass is 10.1. The predicted octanol–water partition coefficient (Wildman–Crippen LogP) is 4.24. The van der Waals surface area contributed by atoms with Gasteiger partial charge in [0.2, 0.25) is 6.35 Å². The maximum Gasteiger partial charge on any atom is 0.340 e. The van der Waals surface area contributed by atoms with Crippen molar-refractivity contribution in [3.8, 4) is 17.2 Å². The number of H-pyrrole nitrogens is 1. The highest BCUT2D eigenvalue weighted by molar-refractivity contribution is 6.30. The van der Waals surface area contributed by atoms with Gasteiger partial charge in [-0.05, 0) is 60.2 Å². The van der Waals surface area contributed by atoms with Gasteiger partial charge in [0.1, 0.15) is 0 Å². The summed E-state index contributed by atoms with van der Waals surface area (Å²) in [5.74, 6) is 0.161. The fourth-order valence-corrected chi connectivity index (χ4v) is 4.38. The molecule has 1 aliphatic heterocycles. The SMILES string of the molecule is CCOC(=O)c1cccc2c1N(Cc1ccc(-n3cc(Cl)cc3-c3nnn[nH]3)cc1)C(OCC)N2. The number of para-hydroxylation sites is 1. The molecular weight excluding hydrogens is 470 g/mol. The molecule has 4 aromatic rings. The summed E-state index contributed by atoms with van der Waals surface area (Å²) in [4.78, 5) is 14.7. The van der Waals surface area contributed by atoms with Crippen molar-refractivity contribution < 1.29 is 14.3 Å². The molecule has 180 valence electrons. The maximum atomic E-state index is 12.7. The van der Waals surface area contributed by atoms with Gasteiger partial charge in [0, 0.05) is 25.0 Å². The molecule has 35 heavy (non-hydrogen) atoms. The van der Waals surface area contributed by atoms with Crippen LogP contribution in [0.3, 0.4) is 0 Å². The van der Waals surface area contributed by atoms with Gasteiger partial charge in [0.25, 0.3) is 0 Å². The van der Waals surface area contributed by atoms with Crippen molar-refractivity contribution in [1.29, 1.82) is 0 Å². The minimum atomic E-state index is -0.404.